The third-order valence-corrected chi connectivity index (χ3v) is 2.00. The summed E-state index contributed by atoms with van der Waals surface area (Å²) in [6, 6.07) is 0. The summed E-state index contributed by atoms with van der Waals surface area (Å²) in [6.07, 6.45) is 0. The van der Waals surface area contributed by atoms with Crippen molar-refractivity contribution in [1.82, 2.24) is 4.90 Å². The molecule has 0 radical (unpaired) electrons. The highest BCUT2D eigenvalue weighted by Crippen LogP contribution is 2.34. The van der Waals surface area contributed by atoms with Crippen LogP contribution in [0.5, 0.6) is 0 Å². The Kier molecular flexibility index (Phi) is 0.374. The lowest BCUT2D eigenvalue weighted by atomic mass is 10.8. The van der Waals surface area contributed by atoms with Gasteiger partial charge in [-0.15, -0.1) is 11.8 Å². The summed E-state index contributed by atoms with van der Waals surface area (Å²) in [6.45, 7) is 1.26. The summed E-state index contributed by atoms with van der Waals surface area (Å²) >= 11 is 1.90. The molecular formula is C4H5NS. The van der Waals surface area contributed by atoms with Crippen molar-refractivity contribution in [2.24, 2.45) is 0 Å². The molecule has 0 atom stereocenters. The first-order chi connectivity index (χ1) is 2.97. The molecule has 2 rings (SSSR count). The Hall–Kier alpha value is -0.110. The summed E-state index contributed by atoms with van der Waals surface area (Å²) in [4.78, 5) is 2.35. The molecule has 2 aliphatic rings. The molecule has 0 unspecified atom stereocenters. The van der Waals surface area contributed by atoms with Gasteiger partial charge in [-0.1, -0.05) is 0 Å². The first kappa shape index (κ1) is 2.97. The van der Waals surface area contributed by atoms with Gasteiger partial charge in [0.15, 0.2) is 0 Å². The van der Waals surface area contributed by atoms with Crippen molar-refractivity contribution in [2.45, 2.75) is 0 Å². The van der Waals surface area contributed by atoms with Gasteiger partial charge in [0.25, 0.3) is 0 Å². The lowest BCUT2D eigenvalue weighted by Gasteiger charge is -1.85. The Balaban J connectivity index is 2.35. The minimum atomic E-state index is 1.22. The van der Waals surface area contributed by atoms with Crippen LogP contribution in [0, 0.1) is 0 Å². The maximum absolute atomic E-state index is 2.35. The largest absolute Gasteiger partial charge is 0.358 e. The molecule has 1 fully saturated rings. The molecule has 1 saturated heterocycles. The first-order valence-corrected chi connectivity index (χ1v) is 3.07. The maximum atomic E-state index is 2.35. The van der Waals surface area contributed by atoms with Crippen molar-refractivity contribution in [3.63, 3.8) is 0 Å². The van der Waals surface area contributed by atoms with E-state index < -0.39 is 0 Å². The second-order valence-electron chi connectivity index (χ2n) is 1.60. The fraction of sp³-hybridized carbons (Fsp3) is 0.500. The fourth-order valence-electron chi connectivity index (χ4n) is 0.624. The molecule has 2 heteroatoms. The maximum Gasteiger partial charge on any atom is 0.0682 e. The van der Waals surface area contributed by atoms with E-state index in [1.54, 1.807) is 5.70 Å². The number of thioether (sulfide) groups is 1. The van der Waals surface area contributed by atoms with Crippen LogP contribution in [-0.4, -0.2) is 17.3 Å². The highest BCUT2D eigenvalue weighted by molar-refractivity contribution is 8.02. The predicted octanol–water partition coefficient (Wildman–Crippen LogP) is 0.848. The van der Waals surface area contributed by atoms with Gasteiger partial charge in [-0.2, -0.15) is 0 Å². The minimum absolute atomic E-state index is 1.22. The molecule has 0 saturated carbocycles. The van der Waals surface area contributed by atoms with E-state index >= 15 is 0 Å². The third-order valence-electron chi connectivity index (χ3n) is 1.11. The zero-order chi connectivity index (χ0) is 3.98. The van der Waals surface area contributed by atoms with Crippen LogP contribution in [0.3, 0.4) is 0 Å². The fourth-order valence-corrected chi connectivity index (χ4v) is 1.55. The van der Waals surface area contributed by atoms with E-state index in [4.69, 9.17) is 0 Å². The highest BCUT2D eigenvalue weighted by atomic mass is 32.2. The van der Waals surface area contributed by atoms with Crippen LogP contribution in [0.15, 0.2) is 11.1 Å². The van der Waals surface area contributed by atoms with Crippen LogP contribution in [0.2, 0.25) is 0 Å². The second-order valence-corrected chi connectivity index (χ2v) is 2.43. The molecule has 0 aromatic rings. The Morgan fingerprint density at radius 3 is 3.00 bits per heavy atom. The van der Waals surface area contributed by atoms with Gasteiger partial charge < -0.3 is 4.90 Å². The van der Waals surface area contributed by atoms with Gasteiger partial charge in [0.05, 0.1) is 12.4 Å². The number of nitrogens with zero attached hydrogens (tertiary/aromatic N) is 1. The molecule has 0 aromatic heterocycles. The minimum Gasteiger partial charge on any atom is -0.358 e. The first-order valence-electron chi connectivity index (χ1n) is 2.02. The molecule has 0 amide bonds. The van der Waals surface area contributed by atoms with Gasteiger partial charge in [0.1, 0.15) is 0 Å². The van der Waals surface area contributed by atoms with Crippen LogP contribution in [0.4, 0.5) is 0 Å². The SMILES string of the molecule is C1=C2CN2CS1. The van der Waals surface area contributed by atoms with Gasteiger partial charge in [0, 0.05) is 5.70 Å². The van der Waals surface area contributed by atoms with E-state index in [0.717, 1.165) is 0 Å². The lowest BCUT2D eigenvalue weighted by molar-refractivity contribution is 0.709. The van der Waals surface area contributed by atoms with Gasteiger partial charge in [-0.05, 0) is 5.41 Å². The van der Waals surface area contributed by atoms with Gasteiger partial charge in [-0.25, -0.2) is 0 Å². The normalized spacial score (nSPS) is 26.7. The molecule has 2 aliphatic heterocycles. The smallest absolute Gasteiger partial charge is 0.0682 e. The Bertz CT molecular complexity index is 108. The van der Waals surface area contributed by atoms with E-state index in [1.165, 1.54) is 12.4 Å². The number of hydrogen-bond acceptors (Lipinski definition) is 2. The van der Waals surface area contributed by atoms with Gasteiger partial charge in [-0.3, -0.25) is 0 Å². The van der Waals surface area contributed by atoms with Gasteiger partial charge in [0.2, 0.25) is 0 Å². The molecular weight excluding hydrogens is 94.1 g/mol. The van der Waals surface area contributed by atoms with Crippen molar-refractivity contribution < 1.29 is 0 Å². The summed E-state index contributed by atoms with van der Waals surface area (Å²) in [5.74, 6) is 1.22. The van der Waals surface area contributed by atoms with Crippen molar-refractivity contribution in [1.29, 1.82) is 0 Å². The summed E-state index contributed by atoms with van der Waals surface area (Å²) in [7, 11) is 0. The second kappa shape index (κ2) is 0.757. The molecule has 1 nitrogen and oxygen atoms in total. The standard InChI is InChI=1S/C4H5NS/c1-4-2-6-3-5(1)4/h2H,1,3H2. The molecule has 32 valence electrons. The quantitative estimate of drug-likeness (QED) is 0.414. The molecule has 0 aromatic carbocycles. The zero-order valence-electron chi connectivity index (χ0n) is 3.35. The van der Waals surface area contributed by atoms with E-state index in [2.05, 4.69) is 10.3 Å². The van der Waals surface area contributed by atoms with Crippen molar-refractivity contribution in [2.75, 3.05) is 12.4 Å². The van der Waals surface area contributed by atoms with Crippen LogP contribution < -0.4 is 0 Å². The van der Waals surface area contributed by atoms with Crippen molar-refractivity contribution >= 4 is 11.8 Å². The molecule has 0 spiro atoms. The molecule has 6 heavy (non-hydrogen) atoms. The number of fused-ring (bicyclic) bond motifs is 1. The zero-order valence-corrected chi connectivity index (χ0v) is 4.16. The third kappa shape index (κ3) is 0.230. The van der Waals surface area contributed by atoms with Crippen LogP contribution in [0.1, 0.15) is 0 Å². The Morgan fingerprint density at radius 1 is 1.83 bits per heavy atom. The summed E-state index contributed by atoms with van der Waals surface area (Å²) < 4.78 is 0. The predicted molar refractivity (Wildman–Crippen MR) is 27.2 cm³/mol. The topological polar surface area (TPSA) is 3.01 Å². The molecule has 0 N–H and O–H groups in total. The number of hydrogen-bond donors (Lipinski definition) is 0. The molecule has 0 bridgehead atoms. The average Bonchev–Trinajstić information content (AvgIpc) is 2.17. The molecule has 2 heterocycles. The Labute approximate surface area is 41.0 Å². The van der Waals surface area contributed by atoms with Gasteiger partial charge >= 0.3 is 0 Å². The van der Waals surface area contributed by atoms with Crippen LogP contribution in [0.25, 0.3) is 0 Å². The molecule has 0 aliphatic carbocycles. The Morgan fingerprint density at radius 2 is 2.83 bits per heavy atom. The number of rotatable bonds is 0. The highest BCUT2D eigenvalue weighted by Gasteiger charge is 2.28. The van der Waals surface area contributed by atoms with E-state index in [0.29, 0.717) is 0 Å². The monoisotopic (exact) mass is 99.0 g/mol. The lowest BCUT2D eigenvalue weighted by Crippen LogP contribution is -1.85. The van der Waals surface area contributed by atoms with Crippen LogP contribution in [-0.2, 0) is 0 Å². The average molecular weight is 99.2 g/mol. The van der Waals surface area contributed by atoms with E-state index in [1.807, 2.05) is 11.8 Å². The van der Waals surface area contributed by atoms with Crippen molar-refractivity contribution in [3.8, 4) is 0 Å². The van der Waals surface area contributed by atoms with Crippen LogP contribution >= 0.6 is 11.8 Å². The summed E-state index contributed by atoms with van der Waals surface area (Å²) in [5.41, 5.74) is 1.54. The van der Waals surface area contributed by atoms with E-state index in [9.17, 15) is 0 Å². The van der Waals surface area contributed by atoms with Crippen molar-refractivity contribution in [3.05, 3.63) is 11.1 Å². The summed E-state index contributed by atoms with van der Waals surface area (Å²) in [5, 5.41) is 2.24. The van der Waals surface area contributed by atoms with E-state index in [-0.39, 0.29) is 0 Å².